The van der Waals surface area contributed by atoms with E-state index in [1.54, 1.807) is 18.2 Å². The number of thiazole rings is 1. The normalized spacial score (nSPS) is 14.3. The van der Waals surface area contributed by atoms with Gasteiger partial charge in [-0.1, -0.05) is 45.2 Å². The van der Waals surface area contributed by atoms with Gasteiger partial charge in [-0.15, -0.1) is 11.3 Å². The second kappa shape index (κ2) is 10.6. The number of nitrogens with one attached hydrogen (secondary N) is 1. The third kappa shape index (κ3) is 5.20. The van der Waals surface area contributed by atoms with E-state index in [-0.39, 0.29) is 18.2 Å². The van der Waals surface area contributed by atoms with Crippen LogP contribution < -0.4 is 14.9 Å². The van der Waals surface area contributed by atoms with Crippen molar-refractivity contribution in [2.75, 3.05) is 11.9 Å². The molecule has 1 unspecified atom stereocenters. The lowest BCUT2D eigenvalue weighted by Crippen LogP contribution is -2.25. The molecule has 1 amide bonds. The zero-order valence-corrected chi connectivity index (χ0v) is 20.1. The first kappa shape index (κ1) is 23.7. The highest BCUT2D eigenvalue weighted by Crippen LogP contribution is 2.34. The molecule has 0 spiro atoms. The molecule has 0 radical (unpaired) electrons. The Morgan fingerprint density at radius 1 is 1.26 bits per heavy atom. The lowest BCUT2D eigenvalue weighted by Gasteiger charge is -2.20. The standard InChI is InChI=1S/C25H28N4O4S/c1-3-5-8-17(4-2)14-28-22(18-11-12-23-20(13-18)26-24(30)15-33-23)16-34-25(28)27-19-9-6-7-10-21(19)29(31)32/h6-7,9-13,16-17H,3-5,8,14-15H2,1-2H3,(H,26,30). The molecule has 3 aromatic rings. The van der Waals surface area contributed by atoms with Crippen LogP contribution in [0.1, 0.15) is 39.5 Å². The van der Waals surface area contributed by atoms with E-state index < -0.39 is 4.92 Å². The Bertz CT molecular complexity index is 1260. The number of unbranched alkanes of at least 4 members (excludes halogenated alkanes) is 1. The number of carbonyl (C=O) groups is 1. The quantitative estimate of drug-likeness (QED) is 0.304. The Morgan fingerprint density at radius 2 is 2.09 bits per heavy atom. The van der Waals surface area contributed by atoms with Gasteiger partial charge in [0.25, 0.3) is 11.6 Å². The lowest BCUT2D eigenvalue weighted by molar-refractivity contribution is -0.384. The van der Waals surface area contributed by atoms with Crippen molar-refractivity contribution in [1.29, 1.82) is 0 Å². The van der Waals surface area contributed by atoms with Crippen LogP contribution in [0.15, 0.2) is 52.8 Å². The van der Waals surface area contributed by atoms with E-state index in [4.69, 9.17) is 9.73 Å². The zero-order chi connectivity index (χ0) is 24.1. The summed E-state index contributed by atoms with van der Waals surface area (Å²) in [4.78, 5) is 28.4. The van der Waals surface area contributed by atoms with Crippen LogP contribution in [-0.2, 0) is 11.3 Å². The molecular weight excluding hydrogens is 452 g/mol. The summed E-state index contributed by atoms with van der Waals surface area (Å²) in [6.07, 6.45) is 4.42. The number of nitro groups is 1. The summed E-state index contributed by atoms with van der Waals surface area (Å²) < 4.78 is 7.66. The molecule has 178 valence electrons. The Kier molecular flexibility index (Phi) is 7.42. The third-order valence-electron chi connectivity index (χ3n) is 5.98. The van der Waals surface area contributed by atoms with Gasteiger partial charge in [-0.3, -0.25) is 14.9 Å². The Labute approximate surface area is 202 Å². The Balaban J connectivity index is 1.82. The molecule has 0 saturated carbocycles. The number of hydrogen-bond acceptors (Lipinski definition) is 6. The van der Waals surface area contributed by atoms with Crippen LogP contribution in [0.4, 0.5) is 17.1 Å². The van der Waals surface area contributed by atoms with Gasteiger partial charge >= 0.3 is 0 Å². The number of nitrogens with zero attached hydrogens (tertiary/aromatic N) is 3. The van der Waals surface area contributed by atoms with Crippen molar-refractivity contribution >= 4 is 34.3 Å². The molecule has 1 aliphatic rings. The summed E-state index contributed by atoms with van der Waals surface area (Å²) >= 11 is 1.46. The second-order valence-electron chi connectivity index (χ2n) is 8.34. The van der Waals surface area contributed by atoms with Crippen LogP contribution in [-0.4, -0.2) is 22.0 Å². The van der Waals surface area contributed by atoms with Crippen molar-refractivity contribution in [2.24, 2.45) is 10.9 Å². The fourth-order valence-electron chi connectivity index (χ4n) is 4.06. The first-order valence-corrected chi connectivity index (χ1v) is 12.4. The number of nitro benzene ring substituents is 1. The van der Waals surface area contributed by atoms with Gasteiger partial charge in [0.2, 0.25) is 0 Å². The highest BCUT2D eigenvalue weighted by Gasteiger charge is 2.19. The van der Waals surface area contributed by atoms with E-state index in [0.29, 0.717) is 27.8 Å². The van der Waals surface area contributed by atoms with Crippen molar-refractivity contribution in [1.82, 2.24) is 4.57 Å². The van der Waals surface area contributed by atoms with E-state index >= 15 is 0 Å². The lowest BCUT2D eigenvalue weighted by atomic mass is 9.99. The minimum Gasteiger partial charge on any atom is -0.482 e. The summed E-state index contributed by atoms with van der Waals surface area (Å²) in [5.74, 6) is 0.920. The average molecular weight is 481 g/mol. The molecule has 8 nitrogen and oxygen atoms in total. The molecule has 0 saturated heterocycles. The fraction of sp³-hybridized carbons (Fsp3) is 0.360. The molecule has 0 aliphatic carbocycles. The Hall–Kier alpha value is -3.46. The first-order chi connectivity index (χ1) is 16.5. The third-order valence-corrected chi connectivity index (χ3v) is 6.85. The van der Waals surface area contributed by atoms with Gasteiger partial charge in [-0.2, -0.15) is 0 Å². The van der Waals surface area contributed by atoms with Crippen LogP contribution in [0.2, 0.25) is 0 Å². The van der Waals surface area contributed by atoms with E-state index in [0.717, 1.165) is 43.5 Å². The van der Waals surface area contributed by atoms with E-state index in [2.05, 4.69) is 23.7 Å². The molecule has 1 aromatic heterocycles. The number of ether oxygens (including phenoxy) is 1. The highest BCUT2D eigenvalue weighted by atomic mass is 32.1. The van der Waals surface area contributed by atoms with Crippen molar-refractivity contribution in [3.8, 4) is 17.0 Å². The molecule has 0 fully saturated rings. The molecule has 0 bridgehead atoms. The van der Waals surface area contributed by atoms with E-state index in [1.165, 1.54) is 17.4 Å². The summed E-state index contributed by atoms with van der Waals surface area (Å²) in [5.41, 5.74) is 2.84. The number of amides is 1. The second-order valence-corrected chi connectivity index (χ2v) is 9.17. The maximum Gasteiger partial charge on any atom is 0.294 e. The molecule has 2 heterocycles. The molecule has 34 heavy (non-hydrogen) atoms. The SMILES string of the molecule is CCCCC(CC)Cn1c(-c2ccc3c(c2)NC(=O)CO3)csc1=Nc1ccccc1[N+](=O)[O-]. The van der Waals surface area contributed by atoms with Crippen LogP contribution >= 0.6 is 11.3 Å². The van der Waals surface area contributed by atoms with Crippen molar-refractivity contribution < 1.29 is 14.5 Å². The van der Waals surface area contributed by atoms with Gasteiger partial charge in [-0.05, 0) is 36.6 Å². The topological polar surface area (TPSA) is 98.8 Å². The molecule has 1 N–H and O–H groups in total. The largest absolute Gasteiger partial charge is 0.482 e. The van der Waals surface area contributed by atoms with Crippen LogP contribution in [0.5, 0.6) is 5.75 Å². The number of aromatic nitrogens is 1. The van der Waals surface area contributed by atoms with Gasteiger partial charge in [0, 0.05) is 23.6 Å². The summed E-state index contributed by atoms with van der Waals surface area (Å²) in [5, 5.41) is 16.4. The number of para-hydroxylation sites is 2. The average Bonchev–Trinajstić information content (AvgIpc) is 3.23. The van der Waals surface area contributed by atoms with Crippen LogP contribution in [0, 0.1) is 16.0 Å². The maximum absolute atomic E-state index is 11.8. The van der Waals surface area contributed by atoms with Crippen molar-refractivity contribution in [3.05, 3.63) is 62.8 Å². The number of fused-ring (bicyclic) bond motifs is 1. The van der Waals surface area contributed by atoms with Gasteiger partial charge < -0.3 is 14.6 Å². The summed E-state index contributed by atoms with van der Waals surface area (Å²) in [6.45, 7) is 5.15. The smallest absolute Gasteiger partial charge is 0.294 e. The van der Waals surface area contributed by atoms with Gasteiger partial charge in [-0.25, -0.2) is 4.99 Å². The van der Waals surface area contributed by atoms with E-state index in [1.807, 2.05) is 23.6 Å². The predicted molar refractivity (Wildman–Crippen MR) is 133 cm³/mol. The predicted octanol–water partition coefficient (Wildman–Crippen LogP) is 5.90. The zero-order valence-electron chi connectivity index (χ0n) is 19.3. The summed E-state index contributed by atoms with van der Waals surface area (Å²) in [6, 6.07) is 12.3. The molecular formula is C25H28N4O4S. The molecule has 4 rings (SSSR count). The highest BCUT2D eigenvalue weighted by molar-refractivity contribution is 7.07. The van der Waals surface area contributed by atoms with Gasteiger partial charge in [0.15, 0.2) is 11.4 Å². The minimum atomic E-state index is -0.403. The Morgan fingerprint density at radius 3 is 2.85 bits per heavy atom. The van der Waals surface area contributed by atoms with Crippen molar-refractivity contribution in [2.45, 2.75) is 46.1 Å². The first-order valence-electron chi connectivity index (χ1n) is 11.5. The van der Waals surface area contributed by atoms with Crippen LogP contribution in [0.3, 0.4) is 0 Å². The fourth-order valence-corrected chi connectivity index (χ4v) is 4.99. The molecule has 1 atom stereocenters. The number of rotatable bonds is 9. The molecule has 9 heteroatoms. The number of benzene rings is 2. The van der Waals surface area contributed by atoms with Crippen LogP contribution in [0.25, 0.3) is 11.3 Å². The monoisotopic (exact) mass is 480 g/mol. The van der Waals surface area contributed by atoms with Gasteiger partial charge in [0.1, 0.15) is 11.4 Å². The summed E-state index contributed by atoms with van der Waals surface area (Å²) in [7, 11) is 0. The number of anilines is 1. The van der Waals surface area contributed by atoms with Crippen molar-refractivity contribution in [3.63, 3.8) is 0 Å². The maximum atomic E-state index is 11.8. The number of hydrogen-bond donors (Lipinski definition) is 1. The van der Waals surface area contributed by atoms with E-state index in [9.17, 15) is 14.9 Å². The molecule has 1 aliphatic heterocycles. The molecule has 2 aromatic carbocycles. The minimum absolute atomic E-state index is 0.0132. The number of carbonyl (C=O) groups excluding carboxylic acids is 1. The van der Waals surface area contributed by atoms with Gasteiger partial charge in [0.05, 0.1) is 16.3 Å².